The Bertz CT molecular complexity index is 2330. The van der Waals surface area contributed by atoms with Gasteiger partial charge >= 0.3 is 11.9 Å². The number of esters is 1. The van der Waals surface area contributed by atoms with Crippen LogP contribution in [0.15, 0.2) is 106 Å². The molecule has 1 aliphatic heterocycles. The van der Waals surface area contributed by atoms with Crippen molar-refractivity contribution < 1.29 is 28.9 Å². The minimum absolute atomic E-state index is 0.0554. The number of carbonyl (C=O) groups excluding carboxylic acids is 1. The molecular formula is C40H35ClN2O7S. The third-order valence-electron chi connectivity index (χ3n) is 8.40. The normalized spacial score (nSPS) is 14.2. The van der Waals surface area contributed by atoms with E-state index < -0.39 is 18.0 Å². The molecule has 0 bridgehead atoms. The molecule has 260 valence electrons. The van der Waals surface area contributed by atoms with Gasteiger partial charge < -0.3 is 19.3 Å². The monoisotopic (exact) mass is 722 g/mol. The highest BCUT2D eigenvalue weighted by molar-refractivity contribution is 7.07. The smallest absolute Gasteiger partial charge is 0.338 e. The summed E-state index contributed by atoms with van der Waals surface area (Å²) in [6, 6.07) is 26.3. The van der Waals surface area contributed by atoms with Crippen LogP contribution in [0.25, 0.3) is 11.8 Å². The van der Waals surface area contributed by atoms with Gasteiger partial charge in [-0.15, -0.1) is 0 Å². The van der Waals surface area contributed by atoms with Crippen LogP contribution in [-0.4, -0.2) is 35.3 Å². The highest BCUT2D eigenvalue weighted by Crippen LogP contribution is 2.38. The number of methoxy groups -OCH3 is 1. The fourth-order valence-corrected chi connectivity index (χ4v) is 7.16. The van der Waals surface area contributed by atoms with Crippen molar-refractivity contribution in [1.29, 1.82) is 0 Å². The summed E-state index contributed by atoms with van der Waals surface area (Å²) >= 11 is 7.90. The summed E-state index contributed by atoms with van der Waals surface area (Å²) < 4.78 is 19.1. The Morgan fingerprint density at radius 2 is 1.76 bits per heavy atom. The third kappa shape index (κ3) is 7.38. The van der Waals surface area contributed by atoms with Crippen LogP contribution in [0.5, 0.6) is 11.5 Å². The van der Waals surface area contributed by atoms with Crippen molar-refractivity contribution in [2.75, 3.05) is 13.7 Å². The number of hydrogen-bond donors (Lipinski definition) is 1. The number of fused-ring (bicyclic) bond motifs is 1. The van der Waals surface area contributed by atoms with Crippen molar-refractivity contribution in [3.63, 3.8) is 0 Å². The number of hydrogen-bond acceptors (Lipinski definition) is 8. The molecule has 0 fully saturated rings. The van der Waals surface area contributed by atoms with Gasteiger partial charge in [-0.1, -0.05) is 104 Å². The van der Waals surface area contributed by atoms with E-state index in [-0.39, 0.29) is 40.7 Å². The lowest BCUT2D eigenvalue weighted by atomic mass is 9.91. The molecule has 1 aliphatic rings. The summed E-state index contributed by atoms with van der Waals surface area (Å²) in [7, 11) is 1.48. The summed E-state index contributed by atoms with van der Waals surface area (Å²) in [5.74, 6) is -0.686. The van der Waals surface area contributed by atoms with Crippen LogP contribution in [0.1, 0.15) is 70.9 Å². The molecule has 9 nitrogen and oxygen atoms in total. The maximum atomic E-state index is 14.4. The molecule has 0 spiro atoms. The Balaban J connectivity index is 1.47. The topological polar surface area (TPSA) is 116 Å². The van der Waals surface area contributed by atoms with Crippen molar-refractivity contribution in [3.8, 4) is 11.5 Å². The number of nitrogens with zero attached hydrogens (tertiary/aromatic N) is 2. The molecule has 2 heterocycles. The Kier molecular flexibility index (Phi) is 10.5. The first kappa shape index (κ1) is 35.4. The number of benzene rings is 4. The molecule has 1 aromatic heterocycles. The molecule has 0 amide bonds. The molecular weight excluding hydrogens is 688 g/mol. The Labute approximate surface area is 303 Å². The summed E-state index contributed by atoms with van der Waals surface area (Å²) in [4.78, 5) is 44.9. The number of ether oxygens (including phenoxy) is 3. The maximum Gasteiger partial charge on any atom is 0.338 e. The van der Waals surface area contributed by atoms with E-state index in [9.17, 15) is 19.5 Å². The van der Waals surface area contributed by atoms with Crippen molar-refractivity contribution >= 4 is 46.6 Å². The number of aromatic carboxylic acids is 1. The summed E-state index contributed by atoms with van der Waals surface area (Å²) in [5, 5.41) is 9.57. The molecule has 0 aliphatic carbocycles. The number of rotatable bonds is 11. The fourth-order valence-electron chi connectivity index (χ4n) is 5.88. The second kappa shape index (κ2) is 15.2. The van der Waals surface area contributed by atoms with Crippen LogP contribution in [0.2, 0.25) is 5.02 Å². The van der Waals surface area contributed by atoms with Crippen LogP contribution >= 0.6 is 22.9 Å². The minimum Gasteiger partial charge on any atom is -0.493 e. The molecule has 0 saturated carbocycles. The minimum atomic E-state index is -1.04. The Hall–Kier alpha value is -5.45. The SMILES string of the molecule is CCOC(=O)C1=C(c2ccccc2)N=c2s/c(=C/c3cc(Cl)c(OCc4cccc(C(=O)O)c4)c(OC)c3)c(=O)n2[C@@H]1c1ccc(C(C)C)cc1. The Morgan fingerprint density at radius 1 is 1.02 bits per heavy atom. The molecule has 0 unspecified atom stereocenters. The molecule has 5 aromatic rings. The maximum absolute atomic E-state index is 14.4. The number of carbonyl (C=O) groups is 2. The van der Waals surface area contributed by atoms with Gasteiger partial charge in [0.05, 0.1) is 46.1 Å². The first-order valence-corrected chi connectivity index (χ1v) is 17.5. The number of halogens is 1. The van der Waals surface area contributed by atoms with Gasteiger partial charge in [-0.25, -0.2) is 14.6 Å². The molecule has 1 atom stereocenters. The highest BCUT2D eigenvalue weighted by atomic mass is 35.5. The lowest BCUT2D eigenvalue weighted by Crippen LogP contribution is -2.40. The first-order valence-electron chi connectivity index (χ1n) is 16.3. The van der Waals surface area contributed by atoms with Gasteiger partial charge in [-0.3, -0.25) is 9.36 Å². The molecule has 0 radical (unpaired) electrons. The molecule has 6 rings (SSSR count). The van der Waals surface area contributed by atoms with Crippen LogP contribution in [0.3, 0.4) is 0 Å². The predicted molar refractivity (Wildman–Crippen MR) is 197 cm³/mol. The third-order valence-corrected chi connectivity index (χ3v) is 9.66. The van der Waals surface area contributed by atoms with Crippen LogP contribution in [-0.2, 0) is 16.1 Å². The molecule has 1 N–H and O–H groups in total. The van der Waals surface area contributed by atoms with Crippen LogP contribution in [0.4, 0.5) is 0 Å². The van der Waals surface area contributed by atoms with Crippen LogP contribution < -0.4 is 24.4 Å². The number of carboxylic acids is 1. The Morgan fingerprint density at radius 3 is 2.43 bits per heavy atom. The highest BCUT2D eigenvalue weighted by Gasteiger charge is 2.35. The van der Waals surface area contributed by atoms with Crippen molar-refractivity contribution in [2.45, 2.75) is 39.3 Å². The van der Waals surface area contributed by atoms with E-state index in [1.807, 2.05) is 54.6 Å². The average molecular weight is 723 g/mol. The van der Waals surface area contributed by atoms with E-state index in [1.54, 1.807) is 41.8 Å². The van der Waals surface area contributed by atoms with Gasteiger partial charge in [-0.05, 0) is 65.4 Å². The van der Waals surface area contributed by atoms with Gasteiger partial charge in [0.2, 0.25) is 0 Å². The first-order chi connectivity index (χ1) is 24.6. The van der Waals surface area contributed by atoms with Gasteiger partial charge in [0.1, 0.15) is 6.61 Å². The summed E-state index contributed by atoms with van der Waals surface area (Å²) in [5.41, 5.74) is 4.35. The van der Waals surface area contributed by atoms with Gasteiger partial charge in [0, 0.05) is 5.56 Å². The van der Waals surface area contributed by atoms with E-state index in [1.165, 1.54) is 30.6 Å². The zero-order valence-electron chi connectivity index (χ0n) is 28.4. The van der Waals surface area contributed by atoms with E-state index in [2.05, 4.69) is 13.8 Å². The molecule has 11 heteroatoms. The largest absolute Gasteiger partial charge is 0.493 e. The van der Waals surface area contributed by atoms with Crippen LogP contribution in [0, 0.1) is 0 Å². The zero-order valence-corrected chi connectivity index (χ0v) is 30.0. The van der Waals surface area contributed by atoms with Gasteiger partial charge in [-0.2, -0.15) is 0 Å². The second-order valence-electron chi connectivity index (χ2n) is 12.1. The zero-order chi connectivity index (χ0) is 36.2. The van der Waals surface area contributed by atoms with E-state index in [0.717, 1.165) is 16.7 Å². The standard InChI is InChI=1S/C40H35ClN2O7S/c1-5-49-39(47)33-34(27-11-7-6-8-12-27)42-40-43(35(33)28-16-14-26(15-17-28)23(2)3)37(44)32(51-40)21-25-19-30(41)36(31(20-25)48-4)50-22-24-10-9-13-29(18-24)38(45)46/h6-21,23,35H,5,22H2,1-4H3,(H,45,46)/b32-21+/t35-/m1/s1. The molecule has 0 saturated heterocycles. The fraction of sp³-hybridized carbons (Fsp3) is 0.200. The van der Waals surface area contributed by atoms with Crippen molar-refractivity contribution in [1.82, 2.24) is 4.57 Å². The molecule has 51 heavy (non-hydrogen) atoms. The lowest BCUT2D eigenvalue weighted by Gasteiger charge is -2.26. The van der Waals surface area contributed by atoms with E-state index >= 15 is 0 Å². The molecule has 4 aromatic carbocycles. The average Bonchev–Trinajstić information content (AvgIpc) is 3.44. The quantitative estimate of drug-likeness (QED) is 0.146. The van der Waals surface area contributed by atoms with E-state index in [4.69, 9.17) is 30.8 Å². The summed E-state index contributed by atoms with van der Waals surface area (Å²) in [6.45, 7) is 6.17. The number of carboxylic acid groups (broad SMARTS) is 1. The second-order valence-corrected chi connectivity index (χ2v) is 13.5. The van der Waals surface area contributed by atoms with Gasteiger partial charge in [0.25, 0.3) is 5.56 Å². The lowest BCUT2D eigenvalue weighted by molar-refractivity contribution is -0.138. The number of thiazole rings is 1. The van der Waals surface area contributed by atoms with Crippen molar-refractivity contribution in [2.24, 2.45) is 4.99 Å². The summed E-state index contributed by atoms with van der Waals surface area (Å²) in [6.07, 6.45) is 1.70. The van der Waals surface area contributed by atoms with Crippen molar-refractivity contribution in [3.05, 3.63) is 155 Å². The predicted octanol–water partition coefficient (Wildman–Crippen LogP) is 7.00. The van der Waals surface area contributed by atoms with E-state index in [0.29, 0.717) is 37.8 Å². The van der Waals surface area contributed by atoms with Gasteiger partial charge in [0.15, 0.2) is 16.3 Å². The number of aromatic nitrogens is 1.